The minimum Gasteiger partial charge on any atom is -0.375 e. The Morgan fingerprint density at radius 3 is 3.07 bits per heavy atom. The topological polar surface area (TPSA) is 29.1 Å². The first kappa shape index (κ1) is 9.71. The van der Waals surface area contributed by atoms with Crippen molar-refractivity contribution in [2.24, 2.45) is 0 Å². The van der Waals surface area contributed by atoms with E-state index in [1.807, 2.05) is 12.1 Å². The van der Waals surface area contributed by atoms with Crippen molar-refractivity contribution in [3.05, 3.63) is 28.2 Å². The molecule has 2 nitrogen and oxygen atoms in total. The van der Waals surface area contributed by atoms with E-state index in [4.69, 9.17) is 0 Å². The van der Waals surface area contributed by atoms with Crippen LogP contribution in [0.3, 0.4) is 0 Å². The molecule has 1 unspecified atom stereocenters. The fourth-order valence-electron chi connectivity index (χ4n) is 1.77. The van der Waals surface area contributed by atoms with E-state index in [0.29, 0.717) is 0 Å². The third-order valence-corrected chi connectivity index (χ3v) is 3.09. The van der Waals surface area contributed by atoms with Crippen molar-refractivity contribution in [1.82, 2.24) is 0 Å². The predicted octanol–water partition coefficient (Wildman–Crippen LogP) is 2.76. The number of fused-ring (bicyclic) bond motifs is 1. The van der Waals surface area contributed by atoms with Gasteiger partial charge in [-0.2, -0.15) is 0 Å². The second-order valence-electron chi connectivity index (χ2n) is 3.65. The van der Waals surface area contributed by atoms with Crippen LogP contribution in [0.1, 0.15) is 18.9 Å². The van der Waals surface area contributed by atoms with Gasteiger partial charge in [0.15, 0.2) is 5.78 Å². The summed E-state index contributed by atoms with van der Waals surface area (Å²) < 4.78 is 1.05. The lowest BCUT2D eigenvalue weighted by Crippen LogP contribution is -2.31. The SMILES string of the molecule is CC(=O)C1CCc2ccc(Br)cc2N1. The Kier molecular flexibility index (Phi) is 2.59. The number of hydrogen-bond donors (Lipinski definition) is 1. The molecule has 14 heavy (non-hydrogen) atoms. The Labute approximate surface area is 91.8 Å². The molecule has 0 fully saturated rings. The maximum absolute atomic E-state index is 11.2. The van der Waals surface area contributed by atoms with Gasteiger partial charge in [-0.15, -0.1) is 0 Å². The monoisotopic (exact) mass is 253 g/mol. The van der Waals surface area contributed by atoms with E-state index >= 15 is 0 Å². The molecule has 3 heteroatoms. The average molecular weight is 254 g/mol. The Bertz CT molecular complexity index is 376. The molecule has 0 radical (unpaired) electrons. The number of ketones is 1. The van der Waals surface area contributed by atoms with Crippen LogP contribution < -0.4 is 5.32 Å². The van der Waals surface area contributed by atoms with Crippen molar-refractivity contribution in [2.45, 2.75) is 25.8 Å². The zero-order valence-electron chi connectivity index (χ0n) is 8.01. The molecule has 74 valence electrons. The Balaban J connectivity index is 2.29. The molecule has 0 aliphatic carbocycles. The van der Waals surface area contributed by atoms with Crippen LogP contribution in [0.2, 0.25) is 0 Å². The summed E-state index contributed by atoms with van der Waals surface area (Å²) in [5.74, 6) is 0.218. The first-order chi connectivity index (χ1) is 6.66. The Morgan fingerprint density at radius 1 is 1.57 bits per heavy atom. The van der Waals surface area contributed by atoms with E-state index in [1.54, 1.807) is 6.92 Å². The van der Waals surface area contributed by atoms with E-state index in [-0.39, 0.29) is 11.8 Å². The van der Waals surface area contributed by atoms with Crippen molar-refractivity contribution in [1.29, 1.82) is 0 Å². The van der Waals surface area contributed by atoms with Crippen LogP contribution in [-0.4, -0.2) is 11.8 Å². The molecule has 0 amide bonds. The number of rotatable bonds is 1. The van der Waals surface area contributed by atoms with Crippen molar-refractivity contribution < 1.29 is 4.79 Å². The van der Waals surface area contributed by atoms with Crippen LogP contribution in [0.25, 0.3) is 0 Å². The third kappa shape index (κ3) is 1.82. The summed E-state index contributed by atoms with van der Waals surface area (Å²) in [4.78, 5) is 11.2. The van der Waals surface area contributed by atoms with Gasteiger partial charge in [0.25, 0.3) is 0 Å². The molecule has 1 heterocycles. The molecule has 1 N–H and O–H groups in total. The van der Waals surface area contributed by atoms with Crippen LogP contribution in [0.15, 0.2) is 22.7 Å². The van der Waals surface area contributed by atoms with Gasteiger partial charge < -0.3 is 5.32 Å². The maximum atomic E-state index is 11.2. The first-order valence-electron chi connectivity index (χ1n) is 4.72. The highest BCUT2D eigenvalue weighted by molar-refractivity contribution is 9.10. The quantitative estimate of drug-likeness (QED) is 0.834. The van der Waals surface area contributed by atoms with Crippen molar-refractivity contribution in [3.8, 4) is 0 Å². The van der Waals surface area contributed by atoms with E-state index in [9.17, 15) is 4.79 Å². The molecular weight excluding hydrogens is 242 g/mol. The molecule has 1 aromatic rings. The number of hydrogen-bond acceptors (Lipinski definition) is 2. The predicted molar refractivity (Wildman–Crippen MR) is 60.6 cm³/mol. The molecule has 1 aliphatic rings. The van der Waals surface area contributed by atoms with Gasteiger partial charge in [0, 0.05) is 10.2 Å². The van der Waals surface area contributed by atoms with Crippen LogP contribution in [-0.2, 0) is 11.2 Å². The highest BCUT2D eigenvalue weighted by Crippen LogP contribution is 2.28. The normalized spacial score (nSPS) is 19.7. The standard InChI is InChI=1S/C11H12BrNO/c1-7(14)10-5-3-8-2-4-9(12)6-11(8)13-10/h2,4,6,10,13H,3,5H2,1H3. The van der Waals surface area contributed by atoms with Gasteiger partial charge in [-0.25, -0.2) is 0 Å². The average Bonchev–Trinajstić information content (AvgIpc) is 2.16. The molecule has 1 aromatic carbocycles. The lowest BCUT2D eigenvalue weighted by Gasteiger charge is -2.25. The van der Waals surface area contributed by atoms with Crippen molar-refractivity contribution in [2.75, 3.05) is 5.32 Å². The number of carbonyl (C=O) groups is 1. The molecule has 1 atom stereocenters. The van der Waals surface area contributed by atoms with Crippen LogP contribution in [0.5, 0.6) is 0 Å². The first-order valence-corrected chi connectivity index (χ1v) is 5.51. The van der Waals surface area contributed by atoms with Gasteiger partial charge in [-0.3, -0.25) is 4.79 Å². The summed E-state index contributed by atoms with van der Waals surface area (Å²) in [6.45, 7) is 1.64. The molecule has 1 aliphatic heterocycles. The minimum atomic E-state index is -0.00296. The number of anilines is 1. The summed E-state index contributed by atoms with van der Waals surface area (Å²) in [7, 11) is 0. The number of benzene rings is 1. The third-order valence-electron chi connectivity index (χ3n) is 2.59. The Morgan fingerprint density at radius 2 is 2.36 bits per heavy atom. The summed E-state index contributed by atoms with van der Waals surface area (Å²) >= 11 is 3.42. The van der Waals surface area contributed by atoms with E-state index < -0.39 is 0 Å². The number of nitrogens with one attached hydrogen (secondary N) is 1. The summed E-state index contributed by atoms with van der Waals surface area (Å²) in [5.41, 5.74) is 2.39. The van der Waals surface area contributed by atoms with Crippen LogP contribution in [0.4, 0.5) is 5.69 Å². The van der Waals surface area contributed by atoms with E-state index in [0.717, 1.165) is 23.0 Å². The van der Waals surface area contributed by atoms with Gasteiger partial charge in [0.1, 0.15) is 0 Å². The van der Waals surface area contributed by atoms with Gasteiger partial charge in [-0.05, 0) is 37.5 Å². The molecule has 0 aromatic heterocycles. The molecular formula is C11H12BrNO. The molecule has 0 bridgehead atoms. The fraction of sp³-hybridized carbons (Fsp3) is 0.364. The number of aryl methyl sites for hydroxylation is 1. The zero-order chi connectivity index (χ0) is 10.1. The highest BCUT2D eigenvalue weighted by atomic mass is 79.9. The van der Waals surface area contributed by atoms with Crippen LogP contribution in [0, 0.1) is 0 Å². The Hall–Kier alpha value is -0.830. The van der Waals surface area contributed by atoms with Gasteiger partial charge in [0.05, 0.1) is 6.04 Å². The van der Waals surface area contributed by atoms with Gasteiger partial charge >= 0.3 is 0 Å². The van der Waals surface area contributed by atoms with Crippen molar-refractivity contribution in [3.63, 3.8) is 0 Å². The maximum Gasteiger partial charge on any atom is 0.151 e. The van der Waals surface area contributed by atoms with Crippen molar-refractivity contribution >= 4 is 27.4 Å². The smallest absolute Gasteiger partial charge is 0.151 e. The fourth-order valence-corrected chi connectivity index (χ4v) is 2.13. The van der Waals surface area contributed by atoms with Crippen LogP contribution >= 0.6 is 15.9 Å². The lowest BCUT2D eigenvalue weighted by atomic mass is 9.96. The van der Waals surface area contributed by atoms with Gasteiger partial charge in [0.2, 0.25) is 0 Å². The molecule has 0 saturated heterocycles. The zero-order valence-corrected chi connectivity index (χ0v) is 9.60. The number of carbonyl (C=O) groups excluding carboxylic acids is 1. The molecule has 0 spiro atoms. The lowest BCUT2D eigenvalue weighted by molar-refractivity contribution is -0.117. The largest absolute Gasteiger partial charge is 0.375 e. The number of halogens is 1. The second-order valence-corrected chi connectivity index (χ2v) is 4.56. The van der Waals surface area contributed by atoms with E-state index in [1.165, 1.54) is 5.56 Å². The summed E-state index contributed by atoms with van der Waals surface area (Å²) in [6, 6.07) is 6.17. The second kappa shape index (κ2) is 3.73. The highest BCUT2D eigenvalue weighted by Gasteiger charge is 2.20. The molecule has 2 rings (SSSR count). The molecule has 0 saturated carbocycles. The summed E-state index contributed by atoms with van der Waals surface area (Å²) in [6.07, 6.45) is 1.89. The minimum absolute atomic E-state index is 0.00296. The number of Topliss-reactive ketones (excluding diaryl/α,β-unsaturated/α-hetero) is 1. The van der Waals surface area contributed by atoms with E-state index in [2.05, 4.69) is 27.3 Å². The van der Waals surface area contributed by atoms with Gasteiger partial charge in [-0.1, -0.05) is 22.0 Å². The summed E-state index contributed by atoms with van der Waals surface area (Å²) in [5, 5.41) is 3.26.